The van der Waals surface area contributed by atoms with Crippen molar-refractivity contribution in [1.82, 2.24) is 14.9 Å². The molecule has 0 radical (unpaired) electrons. The summed E-state index contributed by atoms with van der Waals surface area (Å²) in [5.41, 5.74) is 3.24. The zero-order chi connectivity index (χ0) is 19.0. The molecule has 0 atom stereocenters. The predicted octanol–water partition coefficient (Wildman–Crippen LogP) is 4.96. The molecule has 2 heterocycles. The van der Waals surface area contributed by atoms with Crippen molar-refractivity contribution >= 4 is 34.8 Å². The van der Waals surface area contributed by atoms with E-state index in [1.165, 1.54) is 0 Å². The molecule has 2 aromatic carbocycles. The van der Waals surface area contributed by atoms with Crippen molar-refractivity contribution in [3.05, 3.63) is 84.7 Å². The van der Waals surface area contributed by atoms with E-state index in [4.69, 9.17) is 34.8 Å². The molecule has 0 saturated heterocycles. The number of benzene rings is 2. The van der Waals surface area contributed by atoms with Gasteiger partial charge < -0.3 is 4.98 Å². The third-order valence-electron chi connectivity index (χ3n) is 4.67. The Morgan fingerprint density at radius 1 is 1.04 bits per heavy atom. The van der Waals surface area contributed by atoms with Gasteiger partial charge in [0, 0.05) is 46.7 Å². The highest BCUT2D eigenvalue weighted by Crippen LogP contribution is 2.25. The van der Waals surface area contributed by atoms with Crippen LogP contribution in [0.25, 0.3) is 11.4 Å². The average Bonchev–Trinajstić information content (AvgIpc) is 2.65. The first-order chi connectivity index (χ1) is 13.0. The molecule has 0 unspecified atom stereocenters. The van der Waals surface area contributed by atoms with Crippen molar-refractivity contribution in [1.29, 1.82) is 0 Å². The lowest BCUT2D eigenvalue weighted by molar-refractivity contribution is 0.242. The fraction of sp³-hybridized carbons (Fsp3) is 0.200. The number of fused-ring (bicyclic) bond motifs is 1. The van der Waals surface area contributed by atoms with Crippen molar-refractivity contribution < 1.29 is 0 Å². The fourth-order valence-corrected chi connectivity index (χ4v) is 3.76. The molecule has 1 N–H and O–H groups in total. The van der Waals surface area contributed by atoms with Crippen LogP contribution in [-0.2, 0) is 19.5 Å². The number of hydrogen-bond acceptors (Lipinski definition) is 3. The van der Waals surface area contributed by atoms with Crippen molar-refractivity contribution in [2.75, 3.05) is 6.54 Å². The minimum atomic E-state index is -0.105. The molecule has 0 bridgehead atoms. The largest absolute Gasteiger partial charge is 0.306 e. The van der Waals surface area contributed by atoms with Gasteiger partial charge in [0.25, 0.3) is 5.56 Å². The molecule has 1 aliphatic rings. The molecule has 0 fully saturated rings. The number of aromatic nitrogens is 2. The average molecular weight is 421 g/mol. The van der Waals surface area contributed by atoms with Crippen LogP contribution < -0.4 is 5.56 Å². The van der Waals surface area contributed by atoms with Gasteiger partial charge >= 0.3 is 0 Å². The molecule has 7 heteroatoms. The summed E-state index contributed by atoms with van der Waals surface area (Å²) in [6.45, 7) is 1.96. The second-order valence-electron chi connectivity index (χ2n) is 6.54. The Balaban J connectivity index is 1.59. The van der Waals surface area contributed by atoms with E-state index in [-0.39, 0.29) is 5.56 Å². The summed E-state index contributed by atoms with van der Waals surface area (Å²) in [4.78, 5) is 22.4. The monoisotopic (exact) mass is 419 g/mol. The zero-order valence-electron chi connectivity index (χ0n) is 14.3. The normalized spacial score (nSPS) is 14.2. The first-order valence-electron chi connectivity index (χ1n) is 8.54. The smallest absolute Gasteiger partial charge is 0.255 e. The number of H-pyrrole nitrogens is 1. The van der Waals surface area contributed by atoms with E-state index in [0.29, 0.717) is 46.0 Å². The van der Waals surface area contributed by atoms with Gasteiger partial charge in [-0.15, -0.1) is 0 Å². The summed E-state index contributed by atoms with van der Waals surface area (Å²) >= 11 is 18.3. The van der Waals surface area contributed by atoms with E-state index in [0.717, 1.165) is 23.4 Å². The van der Waals surface area contributed by atoms with Crippen molar-refractivity contribution in [2.24, 2.45) is 0 Å². The van der Waals surface area contributed by atoms with Crippen LogP contribution in [0.2, 0.25) is 15.1 Å². The summed E-state index contributed by atoms with van der Waals surface area (Å²) < 4.78 is 0. The number of aromatic amines is 1. The molecule has 1 aromatic heterocycles. The van der Waals surface area contributed by atoms with Crippen LogP contribution in [0.3, 0.4) is 0 Å². The predicted molar refractivity (Wildman–Crippen MR) is 110 cm³/mol. The lowest BCUT2D eigenvalue weighted by Crippen LogP contribution is -2.35. The summed E-state index contributed by atoms with van der Waals surface area (Å²) in [6.07, 6.45) is 0.706. The molecular formula is C20H16Cl3N3O. The molecule has 1 aliphatic heterocycles. The number of rotatable bonds is 3. The summed E-state index contributed by atoms with van der Waals surface area (Å²) in [7, 11) is 0. The molecule has 4 nitrogen and oxygen atoms in total. The minimum Gasteiger partial charge on any atom is -0.306 e. The van der Waals surface area contributed by atoms with E-state index in [2.05, 4.69) is 14.9 Å². The zero-order valence-corrected chi connectivity index (χ0v) is 16.6. The Bertz CT molecular complexity index is 1050. The first kappa shape index (κ1) is 18.5. The summed E-state index contributed by atoms with van der Waals surface area (Å²) in [5.74, 6) is 0.571. The van der Waals surface area contributed by atoms with Gasteiger partial charge in [0.05, 0.1) is 11.3 Å². The fourth-order valence-electron chi connectivity index (χ4n) is 3.27. The highest BCUT2D eigenvalue weighted by atomic mass is 35.5. The first-order valence-corrected chi connectivity index (χ1v) is 9.67. The highest BCUT2D eigenvalue weighted by Gasteiger charge is 2.22. The van der Waals surface area contributed by atoms with Crippen molar-refractivity contribution in [3.8, 4) is 11.4 Å². The summed E-state index contributed by atoms with van der Waals surface area (Å²) in [6, 6.07) is 12.7. The van der Waals surface area contributed by atoms with Gasteiger partial charge in [-0.3, -0.25) is 9.69 Å². The molecule has 138 valence electrons. The number of halogens is 3. The second kappa shape index (κ2) is 7.64. The topological polar surface area (TPSA) is 49.0 Å². The van der Waals surface area contributed by atoms with Crippen molar-refractivity contribution in [2.45, 2.75) is 19.5 Å². The second-order valence-corrected chi connectivity index (χ2v) is 7.82. The van der Waals surface area contributed by atoms with Gasteiger partial charge in [0.15, 0.2) is 0 Å². The standard InChI is InChI=1S/C20H16Cl3N3O/c21-14-3-1-12(2-4-14)19-24-18-7-8-26(11-16(18)20(27)25-19)10-13-9-15(22)5-6-17(13)23/h1-6,9H,7-8,10-11H2,(H,24,25,27). The van der Waals surface area contributed by atoms with E-state index in [1.807, 2.05) is 18.2 Å². The molecule has 0 saturated carbocycles. The summed E-state index contributed by atoms with van der Waals surface area (Å²) in [5, 5.41) is 1.98. The van der Waals surface area contributed by atoms with Gasteiger partial charge in [-0.1, -0.05) is 34.8 Å². The maximum absolute atomic E-state index is 12.6. The Labute approximate surface area is 171 Å². The quantitative estimate of drug-likeness (QED) is 0.652. The maximum Gasteiger partial charge on any atom is 0.255 e. The van der Waals surface area contributed by atoms with Crippen LogP contribution in [0, 0.1) is 0 Å². The van der Waals surface area contributed by atoms with E-state index < -0.39 is 0 Å². The SMILES string of the molecule is O=c1[nH]c(-c2ccc(Cl)cc2)nc2c1CN(Cc1cc(Cl)ccc1Cl)CC2. The van der Waals surface area contributed by atoms with Gasteiger partial charge in [-0.05, 0) is 48.0 Å². The molecule has 4 rings (SSSR count). The van der Waals surface area contributed by atoms with E-state index in [1.54, 1.807) is 24.3 Å². The Morgan fingerprint density at radius 3 is 2.56 bits per heavy atom. The Hall–Kier alpha value is -1.85. The van der Waals surface area contributed by atoms with E-state index in [9.17, 15) is 4.79 Å². The molecule has 0 spiro atoms. The Morgan fingerprint density at radius 2 is 1.78 bits per heavy atom. The third kappa shape index (κ3) is 4.04. The van der Waals surface area contributed by atoms with Crippen molar-refractivity contribution in [3.63, 3.8) is 0 Å². The van der Waals surface area contributed by atoms with Crippen LogP contribution in [0.1, 0.15) is 16.8 Å². The number of nitrogens with zero attached hydrogens (tertiary/aromatic N) is 2. The minimum absolute atomic E-state index is 0.105. The molecule has 27 heavy (non-hydrogen) atoms. The third-order valence-corrected chi connectivity index (χ3v) is 5.52. The Kier molecular flexibility index (Phi) is 5.24. The lowest BCUT2D eigenvalue weighted by atomic mass is 10.1. The van der Waals surface area contributed by atoms with Crippen LogP contribution in [0.5, 0.6) is 0 Å². The van der Waals surface area contributed by atoms with Crippen LogP contribution in [0.4, 0.5) is 0 Å². The number of nitrogens with one attached hydrogen (secondary N) is 1. The molecular weight excluding hydrogens is 405 g/mol. The maximum atomic E-state index is 12.6. The molecule has 3 aromatic rings. The van der Waals surface area contributed by atoms with Gasteiger partial charge in [-0.25, -0.2) is 4.98 Å². The van der Waals surface area contributed by atoms with Crippen LogP contribution in [-0.4, -0.2) is 21.4 Å². The van der Waals surface area contributed by atoms with Gasteiger partial charge in [0.2, 0.25) is 0 Å². The highest BCUT2D eigenvalue weighted by molar-refractivity contribution is 6.33. The van der Waals surface area contributed by atoms with Gasteiger partial charge in [-0.2, -0.15) is 0 Å². The lowest BCUT2D eigenvalue weighted by Gasteiger charge is -2.28. The van der Waals surface area contributed by atoms with Crippen LogP contribution in [0.15, 0.2) is 47.3 Å². The molecule has 0 aliphatic carbocycles. The molecule has 0 amide bonds. The van der Waals surface area contributed by atoms with E-state index >= 15 is 0 Å². The van der Waals surface area contributed by atoms with Gasteiger partial charge in [0.1, 0.15) is 5.82 Å². The number of hydrogen-bond donors (Lipinski definition) is 1. The van der Waals surface area contributed by atoms with Crippen LogP contribution >= 0.6 is 34.8 Å².